The zero-order chi connectivity index (χ0) is 18.1. The molecule has 3 heterocycles. The van der Waals surface area contributed by atoms with E-state index < -0.39 is 0 Å². The highest BCUT2D eigenvalue weighted by molar-refractivity contribution is 6.05. The second kappa shape index (κ2) is 6.99. The summed E-state index contributed by atoms with van der Waals surface area (Å²) < 4.78 is 12.4. The Balaban J connectivity index is 1.70. The number of quaternary nitrogens is 1. The van der Waals surface area contributed by atoms with Gasteiger partial charge >= 0.3 is 0 Å². The molecule has 7 nitrogen and oxygen atoms in total. The van der Waals surface area contributed by atoms with Gasteiger partial charge in [0.1, 0.15) is 11.0 Å². The summed E-state index contributed by atoms with van der Waals surface area (Å²) in [6.07, 6.45) is 5.57. The highest BCUT2D eigenvalue weighted by atomic mass is 16.5. The molecule has 1 aliphatic heterocycles. The van der Waals surface area contributed by atoms with Crippen molar-refractivity contribution in [2.45, 2.75) is 25.8 Å². The first kappa shape index (κ1) is 16.9. The molecule has 2 N–H and O–H groups in total. The molecule has 0 amide bonds. The molecule has 1 saturated heterocycles. The molecule has 0 bridgehead atoms. The molecule has 138 valence electrons. The van der Waals surface area contributed by atoms with Crippen LogP contribution in [0, 0.1) is 0 Å². The molecule has 0 atom stereocenters. The van der Waals surface area contributed by atoms with Gasteiger partial charge in [-0.05, 0) is 25.3 Å². The van der Waals surface area contributed by atoms with Gasteiger partial charge in [-0.3, -0.25) is 9.36 Å². The molecule has 1 fully saturated rings. The van der Waals surface area contributed by atoms with E-state index in [0.29, 0.717) is 29.1 Å². The molecule has 1 aliphatic rings. The lowest BCUT2D eigenvalue weighted by molar-refractivity contribution is -0.905. The number of H-pyrrole nitrogens is 1. The molecule has 0 radical (unpaired) electrons. The van der Waals surface area contributed by atoms with Crippen molar-refractivity contribution in [3.63, 3.8) is 0 Å². The van der Waals surface area contributed by atoms with Crippen LogP contribution in [0.4, 0.5) is 0 Å². The first-order valence-electron chi connectivity index (χ1n) is 9.17. The SMILES string of the molecule is COc1cc2[nH]c3c(=O)n(CC[NH+]4CCCCC4)cnc3c2cc1OC. The number of hydrogen-bond donors (Lipinski definition) is 2. The van der Waals surface area contributed by atoms with Crippen molar-refractivity contribution in [3.05, 3.63) is 28.8 Å². The minimum Gasteiger partial charge on any atom is -0.493 e. The summed E-state index contributed by atoms with van der Waals surface area (Å²) in [5, 5.41) is 0.864. The second-order valence-corrected chi connectivity index (χ2v) is 6.91. The Kier molecular flexibility index (Phi) is 4.55. The van der Waals surface area contributed by atoms with Crippen molar-refractivity contribution >= 4 is 21.9 Å². The number of rotatable bonds is 5. The van der Waals surface area contributed by atoms with Gasteiger partial charge in [0.25, 0.3) is 5.56 Å². The van der Waals surface area contributed by atoms with Gasteiger partial charge < -0.3 is 19.4 Å². The first-order valence-corrected chi connectivity index (χ1v) is 9.17. The Bertz CT molecular complexity index is 986. The van der Waals surface area contributed by atoms with E-state index in [-0.39, 0.29) is 5.56 Å². The van der Waals surface area contributed by atoms with Gasteiger partial charge in [0, 0.05) is 11.5 Å². The second-order valence-electron chi connectivity index (χ2n) is 6.91. The van der Waals surface area contributed by atoms with E-state index in [4.69, 9.17) is 9.47 Å². The number of piperidine rings is 1. The van der Waals surface area contributed by atoms with Crippen LogP contribution in [-0.4, -0.2) is 48.4 Å². The molecule has 0 aliphatic carbocycles. The molecule has 26 heavy (non-hydrogen) atoms. The van der Waals surface area contributed by atoms with E-state index in [0.717, 1.165) is 17.4 Å². The third kappa shape index (κ3) is 2.92. The van der Waals surface area contributed by atoms with E-state index in [1.807, 2.05) is 12.1 Å². The van der Waals surface area contributed by atoms with Crippen LogP contribution in [0.3, 0.4) is 0 Å². The van der Waals surface area contributed by atoms with E-state index >= 15 is 0 Å². The van der Waals surface area contributed by atoms with Crippen LogP contribution in [0.1, 0.15) is 19.3 Å². The summed E-state index contributed by atoms with van der Waals surface area (Å²) in [5.41, 5.74) is 2.00. The fourth-order valence-corrected chi connectivity index (χ4v) is 3.86. The van der Waals surface area contributed by atoms with Crippen LogP contribution in [-0.2, 0) is 6.54 Å². The number of hydrogen-bond acceptors (Lipinski definition) is 4. The quantitative estimate of drug-likeness (QED) is 0.713. The van der Waals surface area contributed by atoms with Crippen molar-refractivity contribution in [2.24, 2.45) is 0 Å². The Hall–Kier alpha value is -2.54. The molecule has 1 aromatic carbocycles. The Labute approximate surface area is 151 Å². The summed E-state index contributed by atoms with van der Waals surface area (Å²) >= 11 is 0. The molecule has 0 saturated carbocycles. The number of fused-ring (bicyclic) bond motifs is 3. The van der Waals surface area contributed by atoms with Crippen molar-refractivity contribution in [3.8, 4) is 11.5 Å². The maximum absolute atomic E-state index is 12.9. The molecule has 0 spiro atoms. The lowest BCUT2D eigenvalue weighted by Crippen LogP contribution is -3.13. The predicted molar refractivity (Wildman–Crippen MR) is 100 cm³/mol. The van der Waals surface area contributed by atoms with E-state index in [9.17, 15) is 4.79 Å². The Morgan fingerprint density at radius 2 is 1.88 bits per heavy atom. The fraction of sp³-hybridized carbons (Fsp3) is 0.474. The zero-order valence-electron chi connectivity index (χ0n) is 15.3. The number of nitrogens with one attached hydrogen (secondary N) is 2. The summed E-state index contributed by atoms with van der Waals surface area (Å²) in [6, 6.07) is 3.71. The normalized spacial score (nSPS) is 15.6. The zero-order valence-corrected chi connectivity index (χ0v) is 15.3. The van der Waals surface area contributed by atoms with Crippen LogP contribution in [0.2, 0.25) is 0 Å². The average Bonchev–Trinajstić information content (AvgIpc) is 3.05. The van der Waals surface area contributed by atoms with Crippen LogP contribution >= 0.6 is 0 Å². The highest BCUT2D eigenvalue weighted by Crippen LogP contribution is 2.34. The minimum atomic E-state index is -0.0273. The smallest absolute Gasteiger partial charge is 0.277 e. The number of ether oxygens (including phenoxy) is 2. The van der Waals surface area contributed by atoms with Crippen molar-refractivity contribution in [1.29, 1.82) is 0 Å². The van der Waals surface area contributed by atoms with Gasteiger partial charge in [0.2, 0.25) is 0 Å². The monoisotopic (exact) mass is 357 g/mol. The van der Waals surface area contributed by atoms with Crippen LogP contribution in [0.25, 0.3) is 21.9 Å². The van der Waals surface area contributed by atoms with Gasteiger partial charge in [-0.15, -0.1) is 0 Å². The summed E-state index contributed by atoms with van der Waals surface area (Å²) in [6.45, 7) is 4.07. The van der Waals surface area contributed by atoms with Gasteiger partial charge in [-0.1, -0.05) is 0 Å². The third-order valence-electron chi connectivity index (χ3n) is 5.34. The molecule has 3 aromatic rings. The van der Waals surface area contributed by atoms with E-state index in [1.165, 1.54) is 32.4 Å². The van der Waals surface area contributed by atoms with Crippen LogP contribution in [0.15, 0.2) is 23.3 Å². The van der Waals surface area contributed by atoms with Crippen molar-refractivity contribution in [1.82, 2.24) is 14.5 Å². The number of aromatic nitrogens is 3. The Morgan fingerprint density at radius 3 is 2.62 bits per heavy atom. The van der Waals surface area contributed by atoms with Gasteiger partial charge in [-0.2, -0.15) is 0 Å². The van der Waals surface area contributed by atoms with Crippen molar-refractivity contribution in [2.75, 3.05) is 33.9 Å². The standard InChI is InChI=1S/C19H24N4O3/c1-25-15-10-13-14(11-16(15)26-2)21-18-17(13)20-12-23(19(18)24)9-8-22-6-4-3-5-7-22/h10-12,21H,3-9H2,1-2H3/p+1. The lowest BCUT2D eigenvalue weighted by atomic mass is 10.1. The maximum Gasteiger partial charge on any atom is 0.277 e. The number of benzene rings is 1. The first-order chi connectivity index (χ1) is 12.7. The number of methoxy groups -OCH3 is 2. The molecule has 7 heteroatoms. The van der Waals surface area contributed by atoms with Crippen LogP contribution < -0.4 is 19.9 Å². The summed E-state index contributed by atoms with van der Waals surface area (Å²) in [4.78, 5) is 22.2. The summed E-state index contributed by atoms with van der Waals surface area (Å²) in [5.74, 6) is 1.25. The molecular formula is C19H25N4O3+. The molecule has 2 aromatic heterocycles. The van der Waals surface area contributed by atoms with E-state index in [1.54, 1.807) is 30.0 Å². The van der Waals surface area contributed by atoms with Crippen LogP contribution in [0.5, 0.6) is 11.5 Å². The maximum atomic E-state index is 12.9. The van der Waals surface area contributed by atoms with E-state index in [2.05, 4.69) is 9.97 Å². The average molecular weight is 357 g/mol. The largest absolute Gasteiger partial charge is 0.493 e. The van der Waals surface area contributed by atoms with Gasteiger partial charge in [0.15, 0.2) is 11.5 Å². The topological polar surface area (TPSA) is 73.6 Å². The third-order valence-corrected chi connectivity index (χ3v) is 5.34. The van der Waals surface area contributed by atoms with Crippen molar-refractivity contribution < 1.29 is 14.4 Å². The summed E-state index contributed by atoms with van der Waals surface area (Å²) in [7, 11) is 3.20. The van der Waals surface area contributed by atoms with Gasteiger partial charge in [0.05, 0.1) is 52.2 Å². The highest BCUT2D eigenvalue weighted by Gasteiger charge is 2.17. The Morgan fingerprint density at radius 1 is 1.15 bits per heavy atom. The lowest BCUT2D eigenvalue weighted by Gasteiger charge is -2.23. The van der Waals surface area contributed by atoms with Gasteiger partial charge in [-0.25, -0.2) is 4.98 Å². The fourth-order valence-electron chi connectivity index (χ4n) is 3.86. The molecular weight excluding hydrogens is 332 g/mol. The number of aromatic amines is 1. The predicted octanol–water partition coefficient (Wildman–Crippen LogP) is 0.964. The minimum absolute atomic E-state index is 0.0273. The molecule has 0 unspecified atom stereocenters. The number of nitrogens with zero attached hydrogens (tertiary/aromatic N) is 2. The number of likely N-dealkylation sites (tertiary alicyclic amines) is 1. The molecule has 4 rings (SSSR count).